The minimum atomic E-state index is -0.110. The summed E-state index contributed by atoms with van der Waals surface area (Å²) >= 11 is 0. The van der Waals surface area contributed by atoms with Crippen molar-refractivity contribution in [2.75, 3.05) is 0 Å². The second-order valence-corrected chi connectivity index (χ2v) is 5.46. The van der Waals surface area contributed by atoms with Crippen molar-refractivity contribution in [1.29, 1.82) is 0 Å². The SMILES string of the molecule is CC1=CCC2=C(C)C[C@H]3OC(=O)C(C)=C3C[C@H]12. The summed E-state index contributed by atoms with van der Waals surface area (Å²) in [7, 11) is 0. The molecule has 17 heavy (non-hydrogen) atoms. The van der Waals surface area contributed by atoms with Crippen LogP contribution in [0.3, 0.4) is 0 Å². The fourth-order valence-corrected chi connectivity index (χ4v) is 3.33. The first-order valence-corrected chi connectivity index (χ1v) is 6.33. The van der Waals surface area contributed by atoms with E-state index < -0.39 is 0 Å². The highest BCUT2D eigenvalue weighted by Crippen LogP contribution is 2.45. The Bertz CT molecular complexity index is 491. The number of fused-ring (bicyclic) bond motifs is 2. The van der Waals surface area contributed by atoms with Crippen molar-refractivity contribution >= 4 is 5.97 Å². The monoisotopic (exact) mass is 230 g/mol. The van der Waals surface area contributed by atoms with Crippen LogP contribution in [0.5, 0.6) is 0 Å². The van der Waals surface area contributed by atoms with Crippen LogP contribution in [-0.4, -0.2) is 12.1 Å². The summed E-state index contributed by atoms with van der Waals surface area (Å²) in [4.78, 5) is 11.6. The van der Waals surface area contributed by atoms with Gasteiger partial charge in [0.1, 0.15) is 6.10 Å². The lowest BCUT2D eigenvalue weighted by atomic mass is 9.89. The topological polar surface area (TPSA) is 26.3 Å². The van der Waals surface area contributed by atoms with Gasteiger partial charge in [0.2, 0.25) is 0 Å². The Hall–Kier alpha value is -1.31. The number of rotatable bonds is 0. The quantitative estimate of drug-likeness (QED) is 0.471. The van der Waals surface area contributed by atoms with Crippen molar-refractivity contribution < 1.29 is 9.53 Å². The lowest BCUT2D eigenvalue weighted by molar-refractivity contribution is -0.139. The molecule has 0 radical (unpaired) electrons. The molecule has 0 unspecified atom stereocenters. The lowest BCUT2D eigenvalue weighted by Gasteiger charge is -2.15. The van der Waals surface area contributed by atoms with Gasteiger partial charge in [0.15, 0.2) is 0 Å². The molecule has 2 nitrogen and oxygen atoms in total. The number of esters is 1. The molecule has 0 bridgehead atoms. The molecule has 0 aromatic rings. The van der Waals surface area contributed by atoms with Gasteiger partial charge in [0, 0.05) is 17.9 Å². The number of hydrogen-bond acceptors (Lipinski definition) is 2. The van der Waals surface area contributed by atoms with Crippen LogP contribution < -0.4 is 0 Å². The Labute approximate surface area is 102 Å². The average molecular weight is 230 g/mol. The van der Waals surface area contributed by atoms with E-state index >= 15 is 0 Å². The molecule has 2 atom stereocenters. The molecule has 1 aliphatic heterocycles. The van der Waals surface area contributed by atoms with Crippen LogP contribution in [0.2, 0.25) is 0 Å². The molecule has 90 valence electrons. The Balaban J connectivity index is 2.03. The predicted octanol–water partition coefficient (Wildman–Crippen LogP) is 3.30. The van der Waals surface area contributed by atoms with Gasteiger partial charge in [-0.1, -0.05) is 22.8 Å². The number of allylic oxidation sites excluding steroid dienone is 3. The van der Waals surface area contributed by atoms with Gasteiger partial charge in [-0.05, 0) is 39.2 Å². The third-order valence-corrected chi connectivity index (χ3v) is 4.50. The minimum Gasteiger partial charge on any atom is -0.454 e. The molecule has 0 fully saturated rings. The third kappa shape index (κ3) is 1.50. The molecule has 3 aliphatic rings. The van der Waals surface area contributed by atoms with Gasteiger partial charge in [0.25, 0.3) is 0 Å². The van der Waals surface area contributed by atoms with E-state index in [1.165, 1.54) is 16.7 Å². The summed E-state index contributed by atoms with van der Waals surface area (Å²) in [5.74, 6) is 0.417. The Morgan fingerprint density at radius 2 is 1.94 bits per heavy atom. The summed E-state index contributed by atoms with van der Waals surface area (Å²) in [6, 6.07) is 0. The number of carbonyl (C=O) groups is 1. The molecule has 0 spiro atoms. The third-order valence-electron chi connectivity index (χ3n) is 4.50. The van der Waals surface area contributed by atoms with Gasteiger partial charge in [-0.2, -0.15) is 0 Å². The molecule has 0 aromatic heterocycles. The van der Waals surface area contributed by atoms with Crippen molar-refractivity contribution in [2.24, 2.45) is 5.92 Å². The van der Waals surface area contributed by atoms with Gasteiger partial charge >= 0.3 is 5.97 Å². The number of hydrogen-bond donors (Lipinski definition) is 0. The summed E-state index contributed by atoms with van der Waals surface area (Å²) in [6.07, 6.45) is 5.32. The van der Waals surface area contributed by atoms with Crippen LogP contribution in [0, 0.1) is 5.92 Å². The van der Waals surface area contributed by atoms with Gasteiger partial charge in [-0.3, -0.25) is 0 Å². The van der Waals surface area contributed by atoms with Crippen LogP contribution >= 0.6 is 0 Å². The maximum absolute atomic E-state index is 11.6. The molecule has 0 amide bonds. The standard InChI is InChI=1S/C15H18O2/c1-8-4-5-11-9(2)6-14-13(7-12(8)11)10(3)15(16)17-14/h4,12,14H,5-7H2,1-3H3/t12-,14-/m1/s1. The molecular weight excluding hydrogens is 212 g/mol. The molecular formula is C15H18O2. The van der Waals surface area contributed by atoms with E-state index in [0.717, 1.165) is 24.8 Å². The van der Waals surface area contributed by atoms with Gasteiger partial charge in [0.05, 0.1) is 0 Å². The maximum atomic E-state index is 11.6. The number of ether oxygens (including phenoxy) is 1. The van der Waals surface area contributed by atoms with E-state index in [1.54, 1.807) is 5.57 Å². The Kier molecular flexibility index (Phi) is 2.29. The van der Waals surface area contributed by atoms with Crippen molar-refractivity contribution in [2.45, 2.75) is 46.1 Å². The molecule has 0 aromatic carbocycles. The summed E-state index contributed by atoms with van der Waals surface area (Å²) < 4.78 is 5.46. The van der Waals surface area contributed by atoms with E-state index in [1.807, 2.05) is 6.92 Å². The molecule has 1 heterocycles. The fourth-order valence-electron chi connectivity index (χ4n) is 3.33. The summed E-state index contributed by atoms with van der Waals surface area (Å²) in [5.41, 5.74) is 6.53. The van der Waals surface area contributed by atoms with E-state index in [4.69, 9.17) is 4.74 Å². The van der Waals surface area contributed by atoms with E-state index in [2.05, 4.69) is 19.9 Å². The van der Waals surface area contributed by atoms with Gasteiger partial charge in [-0.15, -0.1) is 0 Å². The molecule has 2 aliphatic carbocycles. The average Bonchev–Trinajstić information content (AvgIpc) is 2.71. The van der Waals surface area contributed by atoms with Crippen LogP contribution in [0.1, 0.15) is 40.0 Å². The van der Waals surface area contributed by atoms with E-state index in [0.29, 0.717) is 5.92 Å². The molecule has 0 saturated heterocycles. The first-order valence-electron chi connectivity index (χ1n) is 6.33. The number of carbonyl (C=O) groups excluding carboxylic acids is 1. The largest absolute Gasteiger partial charge is 0.454 e. The highest BCUT2D eigenvalue weighted by Gasteiger charge is 2.38. The van der Waals surface area contributed by atoms with Crippen molar-refractivity contribution in [3.8, 4) is 0 Å². The molecule has 0 saturated carbocycles. The minimum absolute atomic E-state index is 0.0217. The smallest absolute Gasteiger partial charge is 0.334 e. The van der Waals surface area contributed by atoms with Crippen LogP contribution in [0.15, 0.2) is 33.9 Å². The normalized spacial score (nSPS) is 32.2. The zero-order chi connectivity index (χ0) is 12.2. The van der Waals surface area contributed by atoms with Crippen LogP contribution in [0.4, 0.5) is 0 Å². The summed E-state index contributed by atoms with van der Waals surface area (Å²) in [6.45, 7) is 6.31. The second kappa shape index (κ2) is 3.59. The van der Waals surface area contributed by atoms with Crippen LogP contribution in [-0.2, 0) is 9.53 Å². The van der Waals surface area contributed by atoms with Gasteiger partial charge < -0.3 is 4.74 Å². The highest BCUT2D eigenvalue weighted by atomic mass is 16.5. The van der Waals surface area contributed by atoms with Crippen molar-refractivity contribution in [3.63, 3.8) is 0 Å². The fraction of sp³-hybridized carbons (Fsp3) is 0.533. The second-order valence-electron chi connectivity index (χ2n) is 5.46. The first kappa shape index (κ1) is 10.8. The van der Waals surface area contributed by atoms with Crippen molar-refractivity contribution in [1.82, 2.24) is 0 Å². The summed E-state index contributed by atoms with van der Waals surface area (Å²) in [5, 5.41) is 0. The molecule has 0 N–H and O–H groups in total. The van der Waals surface area contributed by atoms with E-state index in [-0.39, 0.29) is 12.1 Å². The Morgan fingerprint density at radius 1 is 1.18 bits per heavy atom. The zero-order valence-electron chi connectivity index (χ0n) is 10.7. The first-order chi connectivity index (χ1) is 8.08. The molecule has 2 heteroatoms. The highest BCUT2D eigenvalue weighted by molar-refractivity contribution is 5.91. The maximum Gasteiger partial charge on any atom is 0.334 e. The Morgan fingerprint density at radius 3 is 2.71 bits per heavy atom. The van der Waals surface area contributed by atoms with Crippen molar-refractivity contribution in [3.05, 3.63) is 33.9 Å². The van der Waals surface area contributed by atoms with Gasteiger partial charge in [-0.25, -0.2) is 4.79 Å². The van der Waals surface area contributed by atoms with E-state index in [9.17, 15) is 4.79 Å². The lowest BCUT2D eigenvalue weighted by Crippen LogP contribution is -2.11. The predicted molar refractivity (Wildman–Crippen MR) is 66.4 cm³/mol. The van der Waals surface area contributed by atoms with Crippen LogP contribution in [0.25, 0.3) is 0 Å². The zero-order valence-corrected chi connectivity index (χ0v) is 10.7. The molecule has 3 rings (SSSR count).